The number of nitrogens with zero attached hydrogens (tertiary/aromatic N) is 1. The van der Waals surface area contributed by atoms with Gasteiger partial charge in [-0.1, -0.05) is 47.0 Å². The van der Waals surface area contributed by atoms with Crippen LogP contribution in [0.2, 0.25) is 18.1 Å². The Bertz CT molecular complexity index is 300. The number of nitro groups is 1. The van der Waals surface area contributed by atoms with Crippen LogP contribution >= 0.6 is 0 Å². The van der Waals surface area contributed by atoms with Gasteiger partial charge in [-0.3, -0.25) is 10.1 Å². The summed E-state index contributed by atoms with van der Waals surface area (Å²) in [6, 6.07) is -0.522. The molecule has 0 aromatic heterocycles. The van der Waals surface area contributed by atoms with Gasteiger partial charge in [0.1, 0.15) is 0 Å². The molecule has 0 saturated heterocycles. The largest absolute Gasteiger partial charge is 0.414 e. The molecule has 0 saturated carbocycles. The topological polar surface area (TPSA) is 52.4 Å². The standard InChI is InChI=1S/C15H33NO3Si/c1-8-9-10-11-14(12-13(2)16(17)18)19-20(6,7)15(3,4)5/h13-14H,8-12H2,1-7H3. The van der Waals surface area contributed by atoms with Crippen molar-refractivity contribution in [3.05, 3.63) is 10.1 Å². The fourth-order valence-corrected chi connectivity index (χ4v) is 3.31. The number of rotatable bonds is 9. The van der Waals surface area contributed by atoms with E-state index in [0.29, 0.717) is 6.42 Å². The van der Waals surface area contributed by atoms with E-state index >= 15 is 0 Å². The minimum Gasteiger partial charge on any atom is -0.414 e. The van der Waals surface area contributed by atoms with E-state index in [1.165, 1.54) is 6.42 Å². The normalized spacial score (nSPS) is 15.9. The van der Waals surface area contributed by atoms with Gasteiger partial charge in [0.05, 0.1) is 6.10 Å². The Balaban J connectivity index is 4.71. The minimum atomic E-state index is -1.85. The van der Waals surface area contributed by atoms with Crippen LogP contribution in [-0.2, 0) is 4.43 Å². The van der Waals surface area contributed by atoms with Crippen molar-refractivity contribution in [2.24, 2.45) is 0 Å². The van der Waals surface area contributed by atoms with Crippen molar-refractivity contribution in [1.82, 2.24) is 0 Å². The van der Waals surface area contributed by atoms with Crippen LogP contribution in [-0.4, -0.2) is 25.4 Å². The molecule has 0 aromatic rings. The summed E-state index contributed by atoms with van der Waals surface area (Å²) in [4.78, 5) is 10.7. The van der Waals surface area contributed by atoms with Gasteiger partial charge in [0, 0.05) is 18.3 Å². The number of hydrogen-bond acceptors (Lipinski definition) is 3. The molecule has 0 aliphatic carbocycles. The molecule has 0 spiro atoms. The van der Waals surface area contributed by atoms with Crippen molar-refractivity contribution in [2.45, 2.75) is 97.0 Å². The second kappa shape index (κ2) is 8.13. The molecule has 0 bridgehead atoms. The first-order valence-electron chi connectivity index (χ1n) is 7.82. The van der Waals surface area contributed by atoms with Crippen molar-refractivity contribution in [3.8, 4) is 0 Å². The molecule has 0 radical (unpaired) electrons. The SMILES string of the molecule is CCCCCC(CC(C)[N+](=O)[O-])O[Si](C)(C)C(C)(C)C. The summed E-state index contributed by atoms with van der Waals surface area (Å²) >= 11 is 0. The highest BCUT2D eigenvalue weighted by Crippen LogP contribution is 2.38. The van der Waals surface area contributed by atoms with E-state index in [-0.39, 0.29) is 16.1 Å². The molecule has 0 amide bonds. The van der Waals surface area contributed by atoms with Gasteiger partial charge in [-0.25, -0.2) is 0 Å². The fourth-order valence-electron chi connectivity index (χ4n) is 1.91. The molecule has 5 heteroatoms. The van der Waals surface area contributed by atoms with Gasteiger partial charge in [0.2, 0.25) is 6.04 Å². The first-order valence-corrected chi connectivity index (χ1v) is 10.7. The molecule has 0 aromatic carbocycles. The molecular weight excluding hydrogens is 270 g/mol. The van der Waals surface area contributed by atoms with Gasteiger partial charge in [-0.05, 0) is 24.6 Å². The Morgan fingerprint density at radius 2 is 1.80 bits per heavy atom. The first kappa shape index (κ1) is 19.6. The summed E-state index contributed by atoms with van der Waals surface area (Å²) in [6.45, 7) is 14.9. The molecule has 0 aliphatic rings. The smallest absolute Gasteiger partial charge is 0.212 e. The lowest BCUT2D eigenvalue weighted by Gasteiger charge is -2.39. The van der Waals surface area contributed by atoms with E-state index in [1.807, 2.05) is 0 Å². The van der Waals surface area contributed by atoms with Crippen molar-refractivity contribution in [3.63, 3.8) is 0 Å². The predicted octanol–water partition coefficient (Wildman–Crippen LogP) is 5.01. The van der Waals surface area contributed by atoms with Crippen molar-refractivity contribution >= 4 is 8.32 Å². The molecule has 120 valence electrons. The lowest BCUT2D eigenvalue weighted by Crippen LogP contribution is -2.44. The Kier molecular flexibility index (Phi) is 7.95. The number of hydrogen-bond donors (Lipinski definition) is 0. The summed E-state index contributed by atoms with van der Waals surface area (Å²) in [6.07, 6.45) is 4.94. The molecule has 0 N–H and O–H groups in total. The number of unbranched alkanes of at least 4 members (excludes halogenated alkanes) is 2. The predicted molar refractivity (Wildman–Crippen MR) is 87.3 cm³/mol. The lowest BCUT2D eigenvalue weighted by atomic mass is 10.0. The van der Waals surface area contributed by atoms with Crippen LogP contribution in [0.4, 0.5) is 0 Å². The van der Waals surface area contributed by atoms with Crippen LogP contribution in [0, 0.1) is 10.1 Å². The summed E-state index contributed by atoms with van der Waals surface area (Å²) in [5, 5.41) is 11.0. The third-order valence-electron chi connectivity index (χ3n) is 4.36. The van der Waals surface area contributed by atoms with Crippen LogP contribution in [0.3, 0.4) is 0 Å². The first-order chi connectivity index (χ1) is 9.01. The molecule has 0 heterocycles. The monoisotopic (exact) mass is 303 g/mol. The Hall–Kier alpha value is -0.423. The summed E-state index contributed by atoms with van der Waals surface area (Å²) in [7, 11) is -1.85. The maximum absolute atomic E-state index is 10.9. The van der Waals surface area contributed by atoms with Crippen molar-refractivity contribution in [2.75, 3.05) is 0 Å². The molecule has 0 fully saturated rings. The zero-order valence-corrected chi connectivity index (χ0v) is 15.4. The van der Waals surface area contributed by atoms with Gasteiger partial charge in [-0.15, -0.1) is 0 Å². The molecular formula is C15H33NO3Si. The molecule has 2 unspecified atom stereocenters. The zero-order valence-electron chi connectivity index (χ0n) is 14.4. The summed E-state index contributed by atoms with van der Waals surface area (Å²) in [5.41, 5.74) is 0. The Morgan fingerprint density at radius 3 is 2.20 bits per heavy atom. The van der Waals surface area contributed by atoms with Crippen LogP contribution in [0.25, 0.3) is 0 Å². The van der Waals surface area contributed by atoms with Crippen molar-refractivity contribution < 1.29 is 9.35 Å². The molecule has 4 nitrogen and oxygen atoms in total. The van der Waals surface area contributed by atoms with Gasteiger partial charge >= 0.3 is 0 Å². The van der Waals surface area contributed by atoms with E-state index in [4.69, 9.17) is 4.43 Å². The van der Waals surface area contributed by atoms with Crippen LogP contribution < -0.4 is 0 Å². The quantitative estimate of drug-likeness (QED) is 0.260. The van der Waals surface area contributed by atoms with Crippen LogP contribution in [0.15, 0.2) is 0 Å². The highest BCUT2D eigenvalue weighted by atomic mass is 28.4. The molecule has 0 rings (SSSR count). The van der Waals surface area contributed by atoms with Gasteiger partial charge in [-0.2, -0.15) is 0 Å². The highest BCUT2D eigenvalue weighted by molar-refractivity contribution is 6.74. The van der Waals surface area contributed by atoms with E-state index < -0.39 is 14.4 Å². The minimum absolute atomic E-state index is 0.0304. The van der Waals surface area contributed by atoms with Gasteiger partial charge in [0.15, 0.2) is 8.32 Å². The third-order valence-corrected chi connectivity index (χ3v) is 8.90. The zero-order chi connectivity index (χ0) is 16.0. The average molecular weight is 304 g/mol. The lowest BCUT2D eigenvalue weighted by molar-refractivity contribution is -0.520. The van der Waals surface area contributed by atoms with E-state index in [0.717, 1.165) is 19.3 Å². The van der Waals surface area contributed by atoms with E-state index in [9.17, 15) is 10.1 Å². The molecule has 2 atom stereocenters. The third kappa shape index (κ3) is 6.84. The van der Waals surface area contributed by atoms with E-state index in [2.05, 4.69) is 40.8 Å². The Morgan fingerprint density at radius 1 is 1.25 bits per heavy atom. The Labute approximate surface area is 125 Å². The second-order valence-electron chi connectivity index (χ2n) is 7.37. The van der Waals surface area contributed by atoms with Gasteiger partial charge in [0.25, 0.3) is 0 Å². The van der Waals surface area contributed by atoms with E-state index in [1.54, 1.807) is 6.92 Å². The fraction of sp³-hybridized carbons (Fsp3) is 1.00. The highest BCUT2D eigenvalue weighted by Gasteiger charge is 2.39. The average Bonchev–Trinajstić information content (AvgIpc) is 2.26. The molecule has 20 heavy (non-hydrogen) atoms. The van der Waals surface area contributed by atoms with Gasteiger partial charge < -0.3 is 4.43 Å². The van der Waals surface area contributed by atoms with Crippen molar-refractivity contribution in [1.29, 1.82) is 0 Å². The van der Waals surface area contributed by atoms with Crippen LogP contribution in [0.1, 0.15) is 66.7 Å². The maximum atomic E-state index is 10.9. The summed E-state index contributed by atoms with van der Waals surface area (Å²) in [5.74, 6) is 0. The molecule has 0 aliphatic heterocycles. The second-order valence-corrected chi connectivity index (χ2v) is 12.1. The summed E-state index contributed by atoms with van der Waals surface area (Å²) < 4.78 is 6.40. The van der Waals surface area contributed by atoms with Crippen LogP contribution in [0.5, 0.6) is 0 Å². The maximum Gasteiger partial charge on any atom is 0.212 e.